The highest BCUT2D eigenvalue weighted by molar-refractivity contribution is 6.16. The van der Waals surface area contributed by atoms with E-state index in [0.29, 0.717) is 11.9 Å². The number of halogens is 1. The van der Waals surface area contributed by atoms with Gasteiger partial charge < -0.3 is 4.57 Å². The Kier molecular flexibility index (Phi) is 3.56. The van der Waals surface area contributed by atoms with Crippen LogP contribution < -0.4 is 0 Å². The Bertz CT molecular complexity index is 555. The number of hydrogen-bond acceptors (Lipinski definition) is 2. The normalized spacial score (nSPS) is 14.8. The zero-order valence-corrected chi connectivity index (χ0v) is 11.9. The molecule has 0 bridgehead atoms. The largest absolute Gasteiger partial charge is 0.311 e. The molecule has 1 saturated carbocycles. The lowest BCUT2D eigenvalue weighted by Gasteiger charge is -2.07. The Morgan fingerprint density at radius 1 is 1.11 bits per heavy atom. The van der Waals surface area contributed by atoms with Crippen molar-refractivity contribution in [3.8, 4) is 0 Å². The first-order valence-corrected chi connectivity index (χ1v) is 7.35. The van der Waals surface area contributed by atoms with E-state index in [1.54, 1.807) is 0 Å². The quantitative estimate of drug-likeness (QED) is 0.783. The van der Waals surface area contributed by atoms with Crippen molar-refractivity contribution in [3.63, 3.8) is 0 Å². The first-order chi connectivity index (χ1) is 9.28. The van der Waals surface area contributed by atoms with Gasteiger partial charge in [0, 0.05) is 12.5 Å². The summed E-state index contributed by atoms with van der Waals surface area (Å²) in [7, 11) is 0. The van der Waals surface area contributed by atoms with Crippen LogP contribution in [-0.2, 0) is 18.7 Å². The van der Waals surface area contributed by atoms with Crippen LogP contribution >= 0.6 is 11.6 Å². The molecule has 100 valence electrons. The molecule has 1 aromatic carbocycles. The summed E-state index contributed by atoms with van der Waals surface area (Å²) in [6, 6.07) is 9.29. The number of alkyl halides is 1. The van der Waals surface area contributed by atoms with E-state index in [1.165, 1.54) is 24.0 Å². The predicted molar refractivity (Wildman–Crippen MR) is 76.4 cm³/mol. The Hall–Kier alpha value is -1.35. The molecule has 0 aliphatic heterocycles. The molecule has 0 saturated heterocycles. The summed E-state index contributed by atoms with van der Waals surface area (Å²) in [6.45, 7) is 2.11. The Morgan fingerprint density at radius 3 is 2.42 bits per heavy atom. The van der Waals surface area contributed by atoms with Crippen molar-refractivity contribution in [1.82, 2.24) is 14.8 Å². The van der Waals surface area contributed by atoms with Gasteiger partial charge in [-0.25, -0.2) is 0 Å². The number of benzene rings is 1. The van der Waals surface area contributed by atoms with Crippen LogP contribution in [0.5, 0.6) is 0 Å². The molecule has 0 N–H and O–H groups in total. The highest BCUT2D eigenvalue weighted by atomic mass is 35.5. The van der Waals surface area contributed by atoms with Crippen molar-refractivity contribution in [2.24, 2.45) is 0 Å². The molecule has 1 aliphatic rings. The van der Waals surface area contributed by atoms with E-state index >= 15 is 0 Å². The number of rotatable bonds is 5. The molecule has 19 heavy (non-hydrogen) atoms. The second kappa shape index (κ2) is 5.33. The number of aryl methyl sites for hydroxylation is 3. The number of nitrogens with zero attached hydrogens (tertiary/aromatic N) is 3. The van der Waals surface area contributed by atoms with E-state index in [-0.39, 0.29) is 0 Å². The predicted octanol–water partition coefficient (Wildman–Crippen LogP) is 3.45. The lowest BCUT2D eigenvalue weighted by molar-refractivity contribution is 0.653. The first kappa shape index (κ1) is 12.7. The summed E-state index contributed by atoms with van der Waals surface area (Å²) in [6.07, 6.45) is 4.41. The van der Waals surface area contributed by atoms with Crippen molar-refractivity contribution in [2.45, 2.75) is 44.5 Å². The van der Waals surface area contributed by atoms with Gasteiger partial charge in [0.15, 0.2) is 0 Å². The van der Waals surface area contributed by atoms with Crippen LogP contribution in [0.4, 0.5) is 0 Å². The van der Waals surface area contributed by atoms with E-state index in [9.17, 15) is 0 Å². The SMILES string of the molecule is Cc1ccc(CCc2nnc(CCl)n2C2CC2)cc1. The molecule has 4 heteroatoms. The highest BCUT2D eigenvalue weighted by Gasteiger charge is 2.28. The van der Waals surface area contributed by atoms with Gasteiger partial charge in [-0.1, -0.05) is 29.8 Å². The van der Waals surface area contributed by atoms with Crippen molar-refractivity contribution < 1.29 is 0 Å². The summed E-state index contributed by atoms with van der Waals surface area (Å²) >= 11 is 5.93. The van der Waals surface area contributed by atoms with Crippen LogP contribution in [-0.4, -0.2) is 14.8 Å². The molecular formula is C15H18ClN3. The third-order valence-corrected chi connectivity index (χ3v) is 3.87. The zero-order chi connectivity index (χ0) is 13.2. The van der Waals surface area contributed by atoms with Crippen LogP contribution in [0.1, 0.15) is 41.7 Å². The van der Waals surface area contributed by atoms with Crippen LogP contribution in [0.2, 0.25) is 0 Å². The fraction of sp³-hybridized carbons (Fsp3) is 0.467. The van der Waals surface area contributed by atoms with Crippen LogP contribution in [0.3, 0.4) is 0 Å². The molecule has 0 atom stereocenters. The van der Waals surface area contributed by atoms with E-state index in [0.717, 1.165) is 24.5 Å². The van der Waals surface area contributed by atoms with Crippen LogP contribution in [0.25, 0.3) is 0 Å². The summed E-state index contributed by atoms with van der Waals surface area (Å²) in [5.74, 6) is 2.45. The van der Waals surface area contributed by atoms with Gasteiger partial charge >= 0.3 is 0 Å². The van der Waals surface area contributed by atoms with E-state index in [2.05, 4.69) is 46.0 Å². The highest BCUT2D eigenvalue weighted by Crippen LogP contribution is 2.37. The minimum atomic E-state index is 0.452. The molecule has 1 fully saturated rings. The number of hydrogen-bond donors (Lipinski definition) is 0. The minimum Gasteiger partial charge on any atom is -0.311 e. The molecule has 1 heterocycles. The maximum atomic E-state index is 5.93. The van der Waals surface area contributed by atoms with E-state index < -0.39 is 0 Å². The van der Waals surface area contributed by atoms with Crippen molar-refractivity contribution in [2.75, 3.05) is 0 Å². The van der Waals surface area contributed by atoms with Gasteiger partial charge in [-0.3, -0.25) is 0 Å². The summed E-state index contributed by atoms with van der Waals surface area (Å²) in [4.78, 5) is 0. The van der Waals surface area contributed by atoms with Gasteiger partial charge in [-0.2, -0.15) is 0 Å². The van der Waals surface area contributed by atoms with Gasteiger partial charge in [-0.05, 0) is 31.7 Å². The molecule has 1 aliphatic carbocycles. The Balaban J connectivity index is 1.73. The average Bonchev–Trinajstić information content (AvgIpc) is 3.18. The van der Waals surface area contributed by atoms with Gasteiger partial charge in [0.25, 0.3) is 0 Å². The second-order valence-electron chi connectivity index (χ2n) is 5.25. The zero-order valence-electron chi connectivity index (χ0n) is 11.1. The van der Waals surface area contributed by atoms with Crippen molar-refractivity contribution in [1.29, 1.82) is 0 Å². The maximum absolute atomic E-state index is 5.93. The van der Waals surface area contributed by atoms with E-state index in [4.69, 9.17) is 11.6 Å². The Labute approximate surface area is 118 Å². The van der Waals surface area contributed by atoms with Crippen molar-refractivity contribution in [3.05, 3.63) is 47.0 Å². The number of aromatic nitrogens is 3. The maximum Gasteiger partial charge on any atom is 0.148 e. The van der Waals surface area contributed by atoms with Gasteiger partial charge in [0.2, 0.25) is 0 Å². The molecule has 2 aromatic rings. The average molecular weight is 276 g/mol. The van der Waals surface area contributed by atoms with Gasteiger partial charge in [-0.15, -0.1) is 21.8 Å². The Morgan fingerprint density at radius 2 is 1.79 bits per heavy atom. The molecule has 0 spiro atoms. The molecule has 0 amide bonds. The fourth-order valence-corrected chi connectivity index (χ4v) is 2.57. The minimum absolute atomic E-state index is 0.452. The molecule has 3 rings (SSSR count). The van der Waals surface area contributed by atoms with Crippen LogP contribution in [0.15, 0.2) is 24.3 Å². The van der Waals surface area contributed by atoms with Gasteiger partial charge in [0.1, 0.15) is 11.6 Å². The van der Waals surface area contributed by atoms with Crippen LogP contribution in [0, 0.1) is 6.92 Å². The summed E-state index contributed by atoms with van der Waals surface area (Å²) in [5.41, 5.74) is 2.65. The van der Waals surface area contributed by atoms with Crippen molar-refractivity contribution >= 4 is 11.6 Å². The summed E-state index contributed by atoms with van der Waals surface area (Å²) in [5, 5.41) is 8.51. The molecule has 0 radical (unpaired) electrons. The third kappa shape index (κ3) is 2.81. The second-order valence-corrected chi connectivity index (χ2v) is 5.52. The third-order valence-electron chi connectivity index (χ3n) is 3.63. The molecular weight excluding hydrogens is 258 g/mol. The summed E-state index contributed by atoms with van der Waals surface area (Å²) < 4.78 is 2.25. The molecule has 1 aromatic heterocycles. The van der Waals surface area contributed by atoms with Gasteiger partial charge in [0.05, 0.1) is 5.88 Å². The molecule has 0 unspecified atom stereocenters. The van der Waals surface area contributed by atoms with E-state index in [1.807, 2.05) is 0 Å². The fourth-order valence-electron chi connectivity index (χ4n) is 2.39. The lowest BCUT2D eigenvalue weighted by atomic mass is 10.1. The standard InChI is InChI=1S/C15H18ClN3/c1-11-2-4-12(5-3-11)6-9-14-17-18-15(10-16)19(14)13-7-8-13/h2-5,13H,6-10H2,1H3. The topological polar surface area (TPSA) is 30.7 Å². The molecule has 3 nitrogen and oxygen atoms in total. The lowest BCUT2D eigenvalue weighted by Crippen LogP contribution is -2.06. The monoisotopic (exact) mass is 275 g/mol. The smallest absolute Gasteiger partial charge is 0.148 e. The first-order valence-electron chi connectivity index (χ1n) is 6.82.